The summed E-state index contributed by atoms with van der Waals surface area (Å²) in [5, 5.41) is 8.75. The molecule has 0 bridgehead atoms. The summed E-state index contributed by atoms with van der Waals surface area (Å²) in [6, 6.07) is 5.46. The number of ketones is 1. The molecule has 0 radical (unpaired) electrons. The first-order chi connectivity index (χ1) is 8.29. The van der Waals surface area contributed by atoms with E-state index in [0.717, 1.165) is 19.3 Å². The summed E-state index contributed by atoms with van der Waals surface area (Å²) in [6.07, 6.45) is 7.06. The van der Waals surface area contributed by atoms with Crippen LogP contribution in [0.15, 0.2) is 22.8 Å². The second-order valence-corrected chi connectivity index (χ2v) is 4.25. The van der Waals surface area contributed by atoms with Gasteiger partial charge in [-0.2, -0.15) is 5.26 Å². The summed E-state index contributed by atoms with van der Waals surface area (Å²) in [5.74, 6) is 0.136. The summed E-state index contributed by atoms with van der Waals surface area (Å²) in [6.45, 7) is 2.15. The van der Waals surface area contributed by atoms with Crippen LogP contribution in [0, 0.1) is 17.2 Å². The van der Waals surface area contributed by atoms with Crippen LogP contribution in [0.25, 0.3) is 0 Å². The number of hydrogen-bond acceptors (Lipinski definition) is 3. The molecule has 0 saturated carbocycles. The number of carbonyl (C=O) groups excluding carboxylic acids is 1. The average molecular weight is 233 g/mol. The van der Waals surface area contributed by atoms with Crippen LogP contribution in [0.2, 0.25) is 0 Å². The van der Waals surface area contributed by atoms with Crippen molar-refractivity contribution in [3.05, 3.63) is 24.2 Å². The SMILES string of the molecule is CCCCCCC(CC#N)C(=O)c1ccco1. The number of furan rings is 1. The highest BCUT2D eigenvalue weighted by atomic mass is 16.3. The third-order valence-corrected chi connectivity index (χ3v) is 2.88. The smallest absolute Gasteiger partial charge is 0.202 e. The fraction of sp³-hybridized carbons (Fsp3) is 0.571. The molecule has 0 aliphatic heterocycles. The van der Waals surface area contributed by atoms with E-state index < -0.39 is 0 Å². The van der Waals surface area contributed by atoms with Crippen molar-refractivity contribution >= 4 is 5.78 Å². The van der Waals surface area contributed by atoms with Crippen molar-refractivity contribution in [3.8, 4) is 6.07 Å². The molecule has 0 N–H and O–H groups in total. The van der Waals surface area contributed by atoms with Crippen LogP contribution < -0.4 is 0 Å². The van der Waals surface area contributed by atoms with Gasteiger partial charge in [-0.1, -0.05) is 32.6 Å². The fourth-order valence-corrected chi connectivity index (χ4v) is 1.87. The van der Waals surface area contributed by atoms with Crippen LogP contribution in [0.1, 0.15) is 56.0 Å². The van der Waals surface area contributed by atoms with Gasteiger partial charge in [0.15, 0.2) is 5.76 Å². The van der Waals surface area contributed by atoms with Crippen LogP contribution in [-0.2, 0) is 0 Å². The fourth-order valence-electron chi connectivity index (χ4n) is 1.87. The van der Waals surface area contributed by atoms with Crippen molar-refractivity contribution in [2.45, 2.75) is 45.4 Å². The third-order valence-electron chi connectivity index (χ3n) is 2.88. The lowest BCUT2D eigenvalue weighted by Gasteiger charge is -2.10. The van der Waals surface area contributed by atoms with Crippen molar-refractivity contribution in [2.75, 3.05) is 0 Å². The largest absolute Gasteiger partial charge is 0.461 e. The van der Waals surface area contributed by atoms with Crippen LogP contribution in [0.5, 0.6) is 0 Å². The highest BCUT2D eigenvalue weighted by Gasteiger charge is 2.21. The monoisotopic (exact) mass is 233 g/mol. The van der Waals surface area contributed by atoms with Gasteiger partial charge in [0.05, 0.1) is 12.3 Å². The predicted octanol–water partition coefficient (Wildman–Crippen LogP) is 3.96. The Morgan fingerprint density at radius 2 is 2.29 bits per heavy atom. The maximum absolute atomic E-state index is 12.0. The van der Waals surface area contributed by atoms with Crippen molar-refractivity contribution in [1.82, 2.24) is 0 Å². The van der Waals surface area contributed by atoms with E-state index >= 15 is 0 Å². The number of unbranched alkanes of at least 4 members (excludes halogenated alkanes) is 3. The Hall–Kier alpha value is -1.56. The molecule has 0 aliphatic rings. The molecule has 17 heavy (non-hydrogen) atoms. The molecule has 1 atom stereocenters. The van der Waals surface area contributed by atoms with E-state index in [4.69, 9.17) is 9.68 Å². The molecule has 0 saturated heterocycles. The van der Waals surface area contributed by atoms with Gasteiger partial charge < -0.3 is 4.42 Å². The molecule has 3 nitrogen and oxygen atoms in total. The highest BCUT2D eigenvalue weighted by molar-refractivity contribution is 5.95. The Morgan fingerprint density at radius 1 is 1.47 bits per heavy atom. The quantitative estimate of drug-likeness (QED) is 0.504. The van der Waals surface area contributed by atoms with Gasteiger partial charge >= 0.3 is 0 Å². The van der Waals surface area contributed by atoms with Gasteiger partial charge in [-0.25, -0.2) is 0 Å². The first kappa shape index (κ1) is 13.5. The Kier molecular flexibility index (Phi) is 6.09. The molecule has 92 valence electrons. The first-order valence-electron chi connectivity index (χ1n) is 6.24. The Labute approximate surface area is 102 Å². The zero-order chi connectivity index (χ0) is 12.5. The minimum Gasteiger partial charge on any atom is -0.461 e. The van der Waals surface area contributed by atoms with E-state index in [1.54, 1.807) is 12.1 Å². The zero-order valence-electron chi connectivity index (χ0n) is 10.3. The average Bonchev–Trinajstić information content (AvgIpc) is 2.86. The molecule has 1 aromatic heterocycles. The van der Waals surface area contributed by atoms with Crippen LogP contribution >= 0.6 is 0 Å². The van der Waals surface area contributed by atoms with Crippen LogP contribution in [0.4, 0.5) is 0 Å². The van der Waals surface area contributed by atoms with Gasteiger partial charge in [0, 0.05) is 12.3 Å². The van der Waals surface area contributed by atoms with Gasteiger partial charge in [-0.05, 0) is 18.6 Å². The number of carbonyl (C=O) groups is 1. The molecule has 3 heteroatoms. The number of hydrogen-bond donors (Lipinski definition) is 0. The molecule has 1 unspecified atom stereocenters. The lowest BCUT2D eigenvalue weighted by molar-refractivity contribution is 0.0885. The van der Waals surface area contributed by atoms with E-state index in [-0.39, 0.29) is 18.1 Å². The van der Waals surface area contributed by atoms with Crippen molar-refractivity contribution in [3.63, 3.8) is 0 Å². The summed E-state index contributed by atoms with van der Waals surface area (Å²) in [4.78, 5) is 12.0. The minimum atomic E-state index is -0.206. The summed E-state index contributed by atoms with van der Waals surface area (Å²) in [7, 11) is 0. The number of Topliss-reactive ketones (excluding diaryl/α,β-unsaturated/α-hetero) is 1. The third kappa shape index (κ3) is 4.44. The van der Waals surface area contributed by atoms with Crippen molar-refractivity contribution in [1.29, 1.82) is 5.26 Å². The van der Waals surface area contributed by atoms with Gasteiger partial charge in [-0.15, -0.1) is 0 Å². The van der Waals surface area contributed by atoms with E-state index in [1.807, 2.05) is 0 Å². The Bertz CT molecular complexity index is 362. The van der Waals surface area contributed by atoms with E-state index in [2.05, 4.69) is 13.0 Å². The standard InChI is InChI=1S/C14H19NO2/c1-2-3-4-5-7-12(9-10-15)14(16)13-8-6-11-17-13/h6,8,11-12H,2-5,7,9H2,1H3. The number of rotatable bonds is 8. The molecule has 1 rings (SSSR count). The normalized spacial score (nSPS) is 12.0. The minimum absolute atomic E-state index is 0.0342. The molecular weight excluding hydrogens is 214 g/mol. The van der Waals surface area contributed by atoms with Crippen molar-refractivity contribution in [2.24, 2.45) is 5.92 Å². The maximum Gasteiger partial charge on any atom is 0.202 e. The van der Waals surface area contributed by atoms with E-state index in [9.17, 15) is 4.79 Å². The van der Waals surface area contributed by atoms with E-state index in [1.165, 1.54) is 19.1 Å². The topological polar surface area (TPSA) is 54.0 Å². The highest BCUT2D eigenvalue weighted by Crippen LogP contribution is 2.19. The molecule has 0 fully saturated rings. The second kappa shape index (κ2) is 7.67. The van der Waals surface area contributed by atoms with Crippen LogP contribution in [-0.4, -0.2) is 5.78 Å². The molecule has 1 heterocycles. The molecule has 0 spiro atoms. The summed E-state index contributed by atoms with van der Waals surface area (Å²) < 4.78 is 5.09. The van der Waals surface area contributed by atoms with Crippen LogP contribution in [0.3, 0.4) is 0 Å². The van der Waals surface area contributed by atoms with Gasteiger partial charge in [0.2, 0.25) is 5.78 Å². The lowest BCUT2D eigenvalue weighted by Crippen LogP contribution is -2.13. The molecule has 0 aromatic carbocycles. The number of nitriles is 1. The van der Waals surface area contributed by atoms with Gasteiger partial charge in [-0.3, -0.25) is 4.79 Å². The summed E-state index contributed by atoms with van der Waals surface area (Å²) in [5.41, 5.74) is 0. The lowest BCUT2D eigenvalue weighted by atomic mass is 9.92. The van der Waals surface area contributed by atoms with Gasteiger partial charge in [0.1, 0.15) is 0 Å². The zero-order valence-corrected chi connectivity index (χ0v) is 10.3. The molecule has 0 amide bonds. The van der Waals surface area contributed by atoms with Gasteiger partial charge in [0.25, 0.3) is 0 Å². The molecule has 1 aromatic rings. The molecule has 0 aliphatic carbocycles. The summed E-state index contributed by atoms with van der Waals surface area (Å²) >= 11 is 0. The molecular formula is C14H19NO2. The van der Waals surface area contributed by atoms with Crippen molar-refractivity contribution < 1.29 is 9.21 Å². The maximum atomic E-state index is 12.0. The van der Waals surface area contributed by atoms with E-state index in [0.29, 0.717) is 5.76 Å². The predicted molar refractivity (Wildman–Crippen MR) is 65.5 cm³/mol. The second-order valence-electron chi connectivity index (χ2n) is 4.25. The number of nitrogens with zero attached hydrogens (tertiary/aromatic N) is 1. The first-order valence-corrected chi connectivity index (χ1v) is 6.24. The Balaban J connectivity index is 2.48. The Morgan fingerprint density at radius 3 is 2.88 bits per heavy atom.